The normalized spacial score (nSPS) is 30.5. The standard InChI is InChI=1S/C25H42O2/c1-19(20-10-3-2-4-11-20)25(27)17-8-6-15-23(26)18-22-14-9-13-21-12-5-7-16-24(21)22/h19-22,24H,2-18H2,1H3. The molecule has 0 amide bonds. The molecule has 27 heavy (non-hydrogen) atoms. The summed E-state index contributed by atoms with van der Waals surface area (Å²) in [4.78, 5) is 25.0. The van der Waals surface area contributed by atoms with Crippen LogP contribution in [0, 0.1) is 29.6 Å². The molecule has 0 aromatic heterocycles. The largest absolute Gasteiger partial charge is 0.300 e. The lowest BCUT2D eigenvalue weighted by Crippen LogP contribution is -2.32. The number of Topliss-reactive ketones (excluding diaryl/α,β-unsaturated/α-hetero) is 2. The van der Waals surface area contributed by atoms with Crippen molar-refractivity contribution in [2.75, 3.05) is 0 Å². The van der Waals surface area contributed by atoms with Crippen molar-refractivity contribution in [2.45, 2.75) is 116 Å². The number of rotatable bonds is 9. The van der Waals surface area contributed by atoms with Gasteiger partial charge in [0.2, 0.25) is 0 Å². The molecule has 0 aliphatic heterocycles. The average Bonchev–Trinajstić information content (AvgIpc) is 2.71. The molecular weight excluding hydrogens is 332 g/mol. The third-order valence-corrected chi connectivity index (χ3v) is 8.21. The predicted molar refractivity (Wildman–Crippen MR) is 112 cm³/mol. The van der Waals surface area contributed by atoms with Crippen molar-refractivity contribution < 1.29 is 9.59 Å². The van der Waals surface area contributed by atoms with Crippen LogP contribution >= 0.6 is 0 Å². The maximum Gasteiger partial charge on any atom is 0.135 e. The van der Waals surface area contributed by atoms with Gasteiger partial charge in [0.1, 0.15) is 11.6 Å². The highest BCUT2D eigenvalue weighted by molar-refractivity contribution is 5.81. The van der Waals surface area contributed by atoms with Gasteiger partial charge in [-0.15, -0.1) is 0 Å². The molecule has 3 saturated carbocycles. The van der Waals surface area contributed by atoms with Crippen LogP contribution in [0.3, 0.4) is 0 Å². The third-order valence-electron chi connectivity index (χ3n) is 8.21. The zero-order chi connectivity index (χ0) is 19.1. The molecule has 0 aromatic carbocycles. The Balaban J connectivity index is 1.31. The number of carbonyl (C=O) groups excluding carboxylic acids is 2. The highest BCUT2D eigenvalue weighted by Crippen LogP contribution is 2.45. The van der Waals surface area contributed by atoms with Gasteiger partial charge in [0.15, 0.2) is 0 Å². The summed E-state index contributed by atoms with van der Waals surface area (Å²) in [5, 5.41) is 0. The van der Waals surface area contributed by atoms with Crippen LogP contribution < -0.4 is 0 Å². The van der Waals surface area contributed by atoms with Crippen molar-refractivity contribution >= 4 is 11.6 Å². The summed E-state index contributed by atoms with van der Waals surface area (Å²) >= 11 is 0. The first-order valence-electron chi connectivity index (χ1n) is 12.2. The van der Waals surface area contributed by atoms with Crippen LogP contribution in [0.2, 0.25) is 0 Å². The predicted octanol–water partition coefficient (Wildman–Crippen LogP) is 6.90. The lowest BCUT2D eigenvalue weighted by molar-refractivity contribution is -0.125. The second-order valence-corrected chi connectivity index (χ2v) is 10.0. The molecule has 4 unspecified atom stereocenters. The van der Waals surface area contributed by atoms with Gasteiger partial charge in [-0.3, -0.25) is 9.59 Å². The number of fused-ring (bicyclic) bond motifs is 1. The lowest BCUT2D eigenvalue weighted by Gasteiger charge is -2.41. The minimum absolute atomic E-state index is 0.242. The van der Waals surface area contributed by atoms with Gasteiger partial charge in [-0.1, -0.05) is 58.3 Å². The molecule has 0 N–H and O–H groups in total. The molecule has 0 saturated heterocycles. The Hall–Kier alpha value is -0.660. The summed E-state index contributed by atoms with van der Waals surface area (Å²) in [5.41, 5.74) is 0. The van der Waals surface area contributed by atoms with Crippen molar-refractivity contribution in [1.29, 1.82) is 0 Å². The molecule has 0 spiro atoms. The lowest BCUT2D eigenvalue weighted by atomic mass is 9.64. The molecule has 3 aliphatic carbocycles. The summed E-state index contributed by atoms with van der Waals surface area (Å²) in [5.74, 6) is 4.22. The third kappa shape index (κ3) is 6.16. The van der Waals surface area contributed by atoms with E-state index < -0.39 is 0 Å². The maximum atomic E-state index is 12.5. The molecule has 2 nitrogen and oxygen atoms in total. The first-order chi connectivity index (χ1) is 13.1. The minimum atomic E-state index is 0.242. The first-order valence-corrected chi connectivity index (χ1v) is 12.2. The molecule has 3 rings (SSSR count). The topological polar surface area (TPSA) is 34.1 Å². The van der Waals surface area contributed by atoms with Gasteiger partial charge in [-0.25, -0.2) is 0 Å². The SMILES string of the molecule is CC(C(=O)CCCCC(=O)CC1CCCC2CCCCC21)C1CCCCC1. The van der Waals surface area contributed by atoms with Crippen molar-refractivity contribution in [1.82, 2.24) is 0 Å². The molecule has 154 valence electrons. The van der Waals surface area contributed by atoms with Crippen LogP contribution in [0.5, 0.6) is 0 Å². The zero-order valence-electron chi connectivity index (χ0n) is 17.7. The molecule has 3 aliphatic rings. The summed E-state index contributed by atoms with van der Waals surface area (Å²) < 4.78 is 0. The van der Waals surface area contributed by atoms with Crippen LogP contribution in [0.1, 0.15) is 116 Å². The Morgan fingerprint density at radius 1 is 0.778 bits per heavy atom. The van der Waals surface area contributed by atoms with E-state index in [1.165, 1.54) is 77.0 Å². The Bertz CT molecular complexity index is 475. The van der Waals surface area contributed by atoms with Crippen molar-refractivity contribution in [2.24, 2.45) is 29.6 Å². The molecule has 4 atom stereocenters. The minimum Gasteiger partial charge on any atom is -0.300 e. The van der Waals surface area contributed by atoms with Gasteiger partial charge in [0.05, 0.1) is 0 Å². The van der Waals surface area contributed by atoms with Crippen molar-refractivity contribution in [3.05, 3.63) is 0 Å². The van der Waals surface area contributed by atoms with E-state index in [2.05, 4.69) is 6.92 Å². The van der Waals surface area contributed by atoms with Crippen molar-refractivity contribution in [3.8, 4) is 0 Å². The van der Waals surface area contributed by atoms with Gasteiger partial charge in [-0.05, 0) is 62.2 Å². The molecular formula is C25H42O2. The Morgan fingerprint density at radius 2 is 1.44 bits per heavy atom. The van der Waals surface area contributed by atoms with Crippen LogP contribution in [0.25, 0.3) is 0 Å². The van der Waals surface area contributed by atoms with Gasteiger partial charge in [0, 0.05) is 25.2 Å². The van der Waals surface area contributed by atoms with Crippen molar-refractivity contribution in [3.63, 3.8) is 0 Å². The second kappa shape index (κ2) is 10.8. The van der Waals surface area contributed by atoms with E-state index in [4.69, 9.17) is 0 Å². The van der Waals surface area contributed by atoms with E-state index in [0.29, 0.717) is 36.2 Å². The van der Waals surface area contributed by atoms with E-state index in [1.807, 2.05) is 0 Å². The highest BCUT2D eigenvalue weighted by atomic mass is 16.1. The number of hydrogen-bond donors (Lipinski definition) is 0. The molecule has 0 bridgehead atoms. The fourth-order valence-corrected chi connectivity index (χ4v) is 6.47. The number of hydrogen-bond acceptors (Lipinski definition) is 2. The summed E-state index contributed by atoms with van der Waals surface area (Å²) in [6.07, 6.45) is 20.1. The highest BCUT2D eigenvalue weighted by Gasteiger charge is 2.35. The van der Waals surface area contributed by atoms with E-state index in [9.17, 15) is 9.59 Å². The summed E-state index contributed by atoms with van der Waals surface area (Å²) in [7, 11) is 0. The zero-order valence-corrected chi connectivity index (χ0v) is 17.7. The Labute approximate surface area is 167 Å². The van der Waals surface area contributed by atoms with Gasteiger partial charge < -0.3 is 0 Å². The second-order valence-electron chi connectivity index (χ2n) is 10.0. The monoisotopic (exact) mass is 374 g/mol. The average molecular weight is 375 g/mol. The van der Waals surface area contributed by atoms with Crippen LogP contribution in [0.4, 0.5) is 0 Å². The quantitative estimate of drug-likeness (QED) is 0.411. The Kier molecular flexibility index (Phi) is 8.40. The van der Waals surface area contributed by atoms with Crippen LogP contribution in [-0.2, 0) is 9.59 Å². The van der Waals surface area contributed by atoms with E-state index in [-0.39, 0.29) is 5.92 Å². The summed E-state index contributed by atoms with van der Waals surface area (Å²) in [6.45, 7) is 2.15. The number of unbranched alkanes of at least 4 members (excludes halogenated alkanes) is 1. The number of carbonyl (C=O) groups is 2. The van der Waals surface area contributed by atoms with Crippen LogP contribution in [0.15, 0.2) is 0 Å². The van der Waals surface area contributed by atoms with E-state index >= 15 is 0 Å². The molecule has 3 fully saturated rings. The molecule has 0 radical (unpaired) electrons. The molecule has 0 heterocycles. The van der Waals surface area contributed by atoms with Gasteiger partial charge in [0.25, 0.3) is 0 Å². The summed E-state index contributed by atoms with van der Waals surface area (Å²) in [6, 6.07) is 0. The smallest absolute Gasteiger partial charge is 0.135 e. The van der Waals surface area contributed by atoms with Crippen LogP contribution in [-0.4, -0.2) is 11.6 Å². The molecule has 2 heteroatoms. The van der Waals surface area contributed by atoms with E-state index in [0.717, 1.165) is 31.1 Å². The fraction of sp³-hybridized carbons (Fsp3) is 0.920. The molecule has 0 aromatic rings. The van der Waals surface area contributed by atoms with Gasteiger partial charge in [-0.2, -0.15) is 0 Å². The Morgan fingerprint density at radius 3 is 2.26 bits per heavy atom. The van der Waals surface area contributed by atoms with Gasteiger partial charge >= 0.3 is 0 Å². The maximum absolute atomic E-state index is 12.5. The number of ketones is 2. The van der Waals surface area contributed by atoms with E-state index in [1.54, 1.807) is 0 Å². The fourth-order valence-electron chi connectivity index (χ4n) is 6.47. The first kappa shape index (κ1) is 21.1.